The first-order chi connectivity index (χ1) is 10.0. The van der Waals surface area contributed by atoms with Gasteiger partial charge in [-0.1, -0.05) is 12.1 Å². The number of hydrogen-bond acceptors (Lipinski definition) is 3. The van der Waals surface area contributed by atoms with Gasteiger partial charge >= 0.3 is 0 Å². The second kappa shape index (κ2) is 6.78. The highest BCUT2D eigenvalue weighted by Gasteiger charge is 2.06. The molecule has 0 aliphatic rings. The Morgan fingerprint density at radius 1 is 1.19 bits per heavy atom. The van der Waals surface area contributed by atoms with Gasteiger partial charge in [0, 0.05) is 12.7 Å². The van der Waals surface area contributed by atoms with Gasteiger partial charge in [-0.05, 0) is 35.7 Å². The lowest BCUT2D eigenvalue weighted by Crippen LogP contribution is -2.23. The lowest BCUT2D eigenvalue weighted by Gasteiger charge is -2.05. The van der Waals surface area contributed by atoms with Crippen LogP contribution in [-0.2, 0) is 17.8 Å². The molecule has 1 aromatic heterocycles. The molecule has 6 heteroatoms. The molecule has 109 valence electrons. The molecule has 3 N–H and O–H groups in total. The van der Waals surface area contributed by atoms with Gasteiger partial charge < -0.3 is 11.1 Å². The highest BCUT2D eigenvalue weighted by Crippen LogP contribution is 2.10. The van der Waals surface area contributed by atoms with Crippen molar-refractivity contribution in [2.24, 2.45) is 0 Å². The van der Waals surface area contributed by atoms with Gasteiger partial charge in [0.2, 0.25) is 5.91 Å². The zero-order valence-electron chi connectivity index (χ0n) is 11.1. The number of pyridine rings is 1. The number of amides is 1. The zero-order chi connectivity index (χ0) is 15.2. The Kier molecular flexibility index (Phi) is 4.81. The Morgan fingerprint density at radius 3 is 2.62 bits per heavy atom. The summed E-state index contributed by atoms with van der Waals surface area (Å²) < 4.78 is 25.8. The highest BCUT2D eigenvalue weighted by atomic mass is 19.2. The molecule has 0 aliphatic carbocycles. The predicted octanol–water partition coefficient (Wildman–Crippen LogP) is 2.01. The second-order valence-corrected chi connectivity index (χ2v) is 4.47. The molecule has 1 amide bonds. The highest BCUT2D eigenvalue weighted by molar-refractivity contribution is 5.84. The molecular weight excluding hydrogens is 276 g/mol. The number of anilines is 1. The summed E-state index contributed by atoms with van der Waals surface area (Å²) in [7, 11) is 0. The Labute approximate surface area is 121 Å². The van der Waals surface area contributed by atoms with E-state index in [9.17, 15) is 13.6 Å². The normalized spacial score (nSPS) is 10.4. The van der Waals surface area contributed by atoms with Crippen molar-refractivity contribution < 1.29 is 13.6 Å². The maximum Gasteiger partial charge on any atom is 0.224 e. The molecule has 1 aromatic carbocycles. The minimum absolute atomic E-state index is 0.225. The quantitative estimate of drug-likeness (QED) is 0.885. The molecule has 2 rings (SSSR count). The Hall–Kier alpha value is -2.50. The van der Waals surface area contributed by atoms with Gasteiger partial charge in [-0.15, -0.1) is 0 Å². The van der Waals surface area contributed by atoms with E-state index >= 15 is 0 Å². The molecule has 2 aromatic rings. The molecule has 0 saturated carbocycles. The molecule has 0 unspecified atom stereocenters. The third kappa shape index (κ3) is 4.52. The van der Waals surface area contributed by atoms with Crippen molar-refractivity contribution in [1.82, 2.24) is 10.3 Å². The van der Waals surface area contributed by atoms with Crippen LogP contribution in [0.25, 0.3) is 0 Å². The van der Waals surface area contributed by atoms with Crippen LogP contribution in [0.15, 0.2) is 36.5 Å². The number of nitrogen functional groups attached to an aromatic ring is 1. The van der Waals surface area contributed by atoms with E-state index in [2.05, 4.69) is 10.3 Å². The maximum absolute atomic E-state index is 13.0. The summed E-state index contributed by atoms with van der Waals surface area (Å²) in [6, 6.07) is 6.95. The number of halogens is 2. The first kappa shape index (κ1) is 14.9. The molecule has 0 spiro atoms. The molecule has 0 aliphatic heterocycles. The predicted molar refractivity (Wildman–Crippen MR) is 74.9 cm³/mol. The van der Waals surface area contributed by atoms with Crippen molar-refractivity contribution in [2.75, 3.05) is 5.73 Å². The maximum atomic E-state index is 13.0. The summed E-state index contributed by atoms with van der Waals surface area (Å²) in [6.07, 6.45) is 3.17. The molecule has 0 bridgehead atoms. The van der Waals surface area contributed by atoms with E-state index < -0.39 is 11.6 Å². The van der Waals surface area contributed by atoms with Crippen molar-refractivity contribution in [3.05, 3.63) is 65.7 Å². The van der Waals surface area contributed by atoms with Gasteiger partial charge in [0.25, 0.3) is 0 Å². The van der Waals surface area contributed by atoms with Crippen LogP contribution in [0.4, 0.5) is 14.6 Å². The SMILES string of the molecule is Nc1ccc(CNC(=O)[CH]Cc2ccc(F)c(F)c2)cn1. The molecule has 1 radical (unpaired) electrons. The van der Waals surface area contributed by atoms with Gasteiger partial charge in [-0.25, -0.2) is 13.8 Å². The van der Waals surface area contributed by atoms with Crippen LogP contribution in [0.1, 0.15) is 11.1 Å². The number of nitrogens with zero attached hydrogens (tertiary/aromatic N) is 1. The molecule has 0 atom stereocenters. The van der Waals surface area contributed by atoms with Gasteiger partial charge in [0.1, 0.15) is 5.82 Å². The van der Waals surface area contributed by atoms with Gasteiger partial charge in [-0.3, -0.25) is 4.79 Å². The number of nitrogens with one attached hydrogen (secondary N) is 1. The lowest BCUT2D eigenvalue weighted by molar-refractivity contribution is -0.118. The van der Waals surface area contributed by atoms with Gasteiger partial charge in [-0.2, -0.15) is 0 Å². The van der Waals surface area contributed by atoms with Crippen LogP contribution in [0.3, 0.4) is 0 Å². The summed E-state index contributed by atoms with van der Waals surface area (Å²) in [5.41, 5.74) is 6.80. The minimum Gasteiger partial charge on any atom is -0.384 e. The number of hydrogen-bond donors (Lipinski definition) is 2. The van der Waals surface area contributed by atoms with Crippen molar-refractivity contribution in [3.8, 4) is 0 Å². The summed E-state index contributed by atoms with van der Waals surface area (Å²) in [6.45, 7) is 0.320. The summed E-state index contributed by atoms with van der Waals surface area (Å²) in [4.78, 5) is 15.5. The van der Waals surface area contributed by atoms with Gasteiger partial charge in [0.15, 0.2) is 11.6 Å². The summed E-state index contributed by atoms with van der Waals surface area (Å²) >= 11 is 0. The van der Waals surface area contributed by atoms with Crippen LogP contribution in [0, 0.1) is 18.1 Å². The number of carbonyl (C=O) groups is 1. The van der Waals surface area contributed by atoms with E-state index in [0.717, 1.165) is 17.7 Å². The van der Waals surface area contributed by atoms with E-state index in [1.165, 1.54) is 12.5 Å². The fourth-order valence-electron chi connectivity index (χ4n) is 1.68. The van der Waals surface area contributed by atoms with Crippen molar-refractivity contribution in [3.63, 3.8) is 0 Å². The van der Waals surface area contributed by atoms with Crippen LogP contribution < -0.4 is 11.1 Å². The first-order valence-corrected chi connectivity index (χ1v) is 6.30. The summed E-state index contributed by atoms with van der Waals surface area (Å²) in [5, 5.41) is 2.67. The largest absolute Gasteiger partial charge is 0.384 e. The molecule has 0 fully saturated rings. The van der Waals surface area contributed by atoms with E-state index in [4.69, 9.17) is 5.73 Å². The number of benzene rings is 1. The number of nitrogens with two attached hydrogens (primary N) is 1. The van der Waals surface area contributed by atoms with Crippen molar-refractivity contribution >= 4 is 11.7 Å². The topological polar surface area (TPSA) is 68.0 Å². The minimum atomic E-state index is -0.922. The number of aromatic nitrogens is 1. The average Bonchev–Trinajstić information content (AvgIpc) is 2.48. The Morgan fingerprint density at radius 2 is 1.95 bits per heavy atom. The smallest absolute Gasteiger partial charge is 0.224 e. The van der Waals surface area contributed by atoms with Crippen LogP contribution >= 0.6 is 0 Å². The summed E-state index contributed by atoms with van der Waals surface area (Å²) in [5.74, 6) is -1.71. The van der Waals surface area contributed by atoms with Crippen molar-refractivity contribution in [1.29, 1.82) is 0 Å². The van der Waals surface area contributed by atoms with Crippen LogP contribution in [0.5, 0.6) is 0 Å². The molecule has 0 saturated heterocycles. The van der Waals surface area contributed by atoms with Crippen LogP contribution in [-0.4, -0.2) is 10.9 Å². The average molecular weight is 290 g/mol. The Balaban J connectivity index is 1.79. The fraction of sp³-hybridized carbons (Fsp3) is 0.133. The standard InChI is InChI=1S/C15H14F2N3O/c16-12-4-1-10(7-13(12)17)3-6-15(21)20-9-11-2-5-14(18)19-8-11/h1-2,4-8H,3,9H2,(H2,18,19)(H,20,21). The lowest BCUT2D eigenvalue weighted by atomic mass is 10.1. The van der Waals surface area contributed by atoms with Gasteiger partial charge in [0.05, 0.1) is 6.42 Å². The first-order valence-electron chi connectivity index (χ1n) is 6.30. The van der Waals surface area contributed by atoms with E-state index in [0.29, 0.717) is 17.9 Å². The monoisotopic (exact) mass is 290 g/mol. The van der Waals surface area contributed by atoms with E-state index in [-0.39, 0.29) is 12.3 Å². The third-order valence-electron chi connectivity index (χ3n) is 2.82. The molecule has 1 heterocycles. The molecular formula is C15H14F2N3O. The van der Waals surface area contributed by atoms with E-state index in [1.54, 1.807) is 18.3 Å². The fourth-order valence-corrected chi connectivity index (χ4v) is 1.68. The van der Waals surface area contributed by atoms with E-state index in [1.807, 2.05) is 0 Å². The Bertz CT molecular complexity index is 629. The van der Waals surface area contributed by atoms with Crippen LogP contribution in [0.2, 0.25) is 0 Å². The molecule has 4 nitrogen and oxygen atoms in total. The number of rotatable bonds is 5. The molecule has 21 heavy (non-hydrogen) atoms. The zero-order valence-corrected chi connectivity index (χ0v) is 11.1. The van der Waals surface area contributed by atoms with Crippen molar-refractivity contribution in [2.45, 2.75) is 13.0 Å². The third-order valence-corrected chi connectivity index (χ3v) is 2.82. The number of carbonyl (C=O) groups excluding carboxylic acids is 1. The second-order valence-electron chi connectivity index (χ2n) is 4.47.